The summed E-state index contributed by atoms with van der Waals surface area (Å²) in [6.07, 6.45) is 4.80. The third-order valence-corrected chi connectivity index (χ3v) is 6.54. The molecule has 1 fully saturated rings. The van der Waals surface area contributed by atoms with Crippen molar-refractivity contribution in [3.8, 4) is 16.9 Å². The molecule has 1 aliphatic heterocycles. The predicted octanol–water partition coefficient (Wildman–Crippen LogP) is 5.55. The van der Waals surface area contributed by atoms with Gasteiger partial charge >= 0.3 is 0 Å². The summed E-state index contributed by atoms with van der Waals surface area (Å²) in [6, 6.07) is 21.3. The van der Waals surface area contributed by atoms with E-state index in [1.165, 1.54) is 6.08 Å². The Kier molecular flexibility index (Phi) is 7.31. The highest BCUT2D eigenvalue weighted by Crippen LogP contribution is 2.30. The molecule has 2 N–H and O–H groups in total. The van der Waals surface area contributed by atoms with E-state index in [0.717, 1.165) is 59.4 Å². The Bertz CT molecular complexity index is 1480. The Morgan fingerprint density at radius 1 is 1.03 bits per heavy atom. The van der Waals surface area contributed by atoms with Gasteiger partial charge in [-0.2, -0.15) is 0 Å². The van der Waals surface area contributed by atoms with Crippen molar-refractivity contribution in [1.82, 2.24) is 14.9 Å². The summed E-state index contributed by atoms with van der Waals surface area (Å²) < 4.78 is 6.12. The minimum Gasteiger partial charge on any atom is -0.490 e. The normalized spacial score (nSPS) is 13.7. The molecule has 5 rings (SSSR count). The second-order valence-corrected chi connectivity index (χ2v) is 9.18. The van der Waals surface area contributed by atoms with Crippen LogP contribution < -0.4 is 15.4 Å². The quantitative estimate of drug-likeness (QED) is 0.318. The molecule has 2 amide bonds. The second kappa shape index (κ2) is 11.1. The van der Waals surface area contributed by atoms with E-state index in [9.17, 15) is 9.59 Å². The predicted molar refractivity (Wildman–Crippen MR) is 149 cm³/mol. The zero-order valence-corrected chi connectivity index (χ0v) is 21.2. The molecule has 0 atom stereocenters. The first-order valence-corrected chi connectivity index (χ1v) is 12.6. The maximum atomic E-state index is 11.7. The maximum absolute atomic E-state index is 11.7. The summed E-state index contributed by atoms with van der Waals surface area (Å²) in [5, 5.41) is 6.99. The van der Waals surface area contributed by atoms with E-state index in [2.05, 4.69) is 22.2 Å². The summed E-state index contributed by atoms with van der Waals surface area (Å²) in [6.45, 7) is 6.58. The van der Waals surface area contributed by atoms with Gasteiger partial charge in [0.25, 0.3) is 0 Å². The summed E-state index contributed by atoms with van der Waals surface area (Å²) >= 11 is 0. The number of benzene rings is 3. The number of likely N-dealkylation sites (tertiary alicyclic amines) is 1. The zero-order chi connectivity index (χ0) is 26.5. The van der Waals surface area contributed by atoms with Crippen LogP contribution in [0.3, 0.4) is 0 Å². The number of aromatic nitrogens is 2. The molecule has 0 radical (unpaired) electrons. The van der Waals surface area contributed by atoms with Crippen LogP contribution in [-0.4, -0.2) is 45.9 Å². The average molecular weight is 508 g/mol. The highest BCUT2D eigenvalue weighted by Gasteiger charge is 2.21. The molecule has 2 heterocycles. The van der Waals surface area contributed by atoms with Crippen LogP contribution in [0.5, 0.6) is 5.75 Å². The number of carbonyl (C=O) groups excluding carboxylic acids is 2. The number of fused-ring (bicyclic) bond motifs is 1. The summed E-state index contributed by atoms with van der Waals surface area (Å²) in [5.41, 5.74) is 4.19. The fraction of sp³-hybridized carbons (Fsp3) is 0.200. The van der Waals surface area contributed by atoms with Gasteiger partial charge in [-0.1, -0.05) is 36.9 Å². The molecule has 0 bridgehead atoms. The molecule has 0 spiro atoms. The Labute approximate surface area is 221 Å². The van der Waals surface area contributed by atoms with E-state index < -0.39 is 0 Å². The van der Waals surface area contributed by atoms with E-state index in [-0.39, 0.29) is 17.9 Å². The van der Waals surface area contributed by atoms with Gasteiger partial charge < -0.3 is 20.3 Å². The highest BCUT2D eigenvalue weighted by molar-refractivity contribution is 6.00. The molecule has 192 valence electrons. The van der Waals surface area contributed by atoms with Gasteiger partial charge in [0, 0.05) is 61.4 Å². The molecule has 38 heavy (non-hydrogen) atoms. The lowest BCUT2D eigenvalue weighted by atomic mass is 10.0. The van der Waals surface area contributed by atoms with Crippen LogP contribution in [0.2, 0.25) is 0 Å². The number of hydrogen-bond acceptors (Lipinski definition) is 6. The molecule has 0 saturated carbocycles. The van der Waals surface area contributed by atoms with Crippen molar-refractivity contribution in [3.63, 3.8) is 0 Å². The van der Waals surface area contributed by atoms with Crippen LogP contribution in [0.4, 0.5) is 17.3 Å². The fourth-order valence-electron chi connectivity index (χ4n) is 4.53. The first-order chi connectivity index (χ1) is 18.5. The van der Waals surface area contributed by atoms with Crippen molar-refractivity contribution in [1.29, 1.82) is 0 Å². The first-order valence-electron chi connectivity index (χ1n) is 12.6. The minimum atomic E-state index is -0.260. The van der Waals surface area contributed by atoms with E-state index >= 15 is 0 Å². The number of ether oxygens (including phenoxy) is 1. The Morgan fingerprint density at radius 3 is 2.53 bits per heavy atom. The number of carbonyl (C=O) groups is 2. The maximum Gasteiger partial charge on any atom is 0.247 e. The van der Waals surface area contributed by atoms with Crippen molar-refractivity contribution >= 4 is 40.0 Å². The lowest BCUT2D eigenvalue weighted by Gasteiger charge is -2.31. The highest BCUT2D eigenvalue weighted by atomic mass is 16.5. The van der Waals surface area contributed by atoms with Crippen molar-refractivity contribution < 1.29 is 14.3 Å². The number of amides is 2. The van der Waals surface area contributed by atoms with Crippen molar-refractivity contribution in [2.24, 2.45) is 0 Å². The van der Waals surface area contributed by atoms with Gasteiger partial charge in [-0.3, -0.25) is 9.59 Å². The van der Waals surface area contributed by atoms with Crippen LogP contribution >= 0.6 is 0 Å². The number of para-hydroxylation sites is 1. The lowest BCUT2D eigenvalue weighted by molar-refractivity contribution is -0.130. The molecule has 1 saturated heterocycles. The fourth-order valence-corrected chi connectivity index (χ4v) is 4.53. The standard InChI is InChI=1S/C30H29N5O3/c1-3-28(37)32-24-8-4-6-21(18-24)27-9-5-7-22-19-31-30(34-29(22)27)33-23-10-12-25(13-11-23)38-26-14-16-35(17-15-26)20(2)36/h3-13,18-19,26H,1,14-17H2,2H3,(H,32,37)(H,31,33,34). The third kappa shape index (κ3) is 5.81. The van der Waals surface area contributed by atoms with Gasteiger partial charge in [0.2, 0.25) is 17.8 Å². The molecule has 0 unspecified atom stereocenters. The molecular weight excluding hydrogens is 478 g/mol. The van der Waals surface area contributed by atoms with E-state index in [1.54, 1.807) is 13.1 Å². The second-order valence-electron chi connectivity index (χ2n) is 9.18. The Hall–Kier alpha value is -4.72. The molecule has 8 nitrogen and oxygen atoms in total. The molecule has 3 aromatic carbocycles. The number of nitrogens with one attached hydrogen (secondary N) is 2. The number of hydrogen-bond donors (Lipinski definition) is 2. The largest absolute Gasteiger partial charge is 0.490 e. The van der Waals surface area contributed by atoms with Gasteiger partial charge in [0.15, 0.2) is 0 Å². The third-order valence-electron chi connectivity index (χ3n) is 6.54. The van der Waals surface area contributed by atoms with E-state index in [0.29, 0.717) is 11.6 Å². The van der Waals surface area contributed by atoms with Crippen molar-refractivity contribution in [3.05, 3.63) is 85.6 Å². The number of piperidine rings is 1. The molecule has 8 heteroatoms. The van der Waals surface area contributed by atoms with Crippen LogP contribution in [0.1, 0.15) is 19.8 Å². The van der Waals surface area contributed by atoms with Gasteiger partial charge in [-0.05, 0) is 48.0 Å². The number of nitrogens with zero attached hydrogens (tertiary/aromatic N) is 3. The van der Waals surface area contributed by atoms with Crippen molar-refractivity contribution in [2.75, 3.05) is 23.7 Å². The van der Waals surface area contributed by atoms with Crippen molar-refractivity contribution in [2.45, 2.75) is 25.9 Å². The van der Waals surface area contributed by atoms with Gasteiger partial charge in [0.1, 0.15) is 11.9 Å². The molecule has 4 aromatic rings. The van der Waals surface area contributed by atoms with Crippen LogP contribution in [0, 0.1) is 0 Å². The van der Waals surface area contributed by atoms with Gasteiger partial charge in [-0.25, -0.2) is 9.97 Å². The molecule has 1 aliphatic rings. The SMILES string of the molecule is C=CC(=O)Nc1cccc(-c2cccc3cnc(Nc4ccc(OC5CCN(C(C)=O)CC5)cc4)nc23)c1. The summed E-state index contributed by atoms with van der Waals surface area (Å²) in [5.74, 6) is 1.13. The van der Waals surface area contributed by atoms with Gasteiger partial charge in [0.05, 0.1) is 5.52 Å². The smallest absolute Gasteiger partial charge is 0.247 e. The van der Waals surface area contributed by atoms with Crippen LogP contribution in [-0.2, 0) is 9.59 Å². The van der Waals surface area contributed by atoms with Crippen LogP contribution in [0.15, 0.2) is 85.6 Å². The monoisotopic (exact) mass is 507 g/mol. The topological polar surface area (TPSA) is 96.5 Å². The molecule has 0 aliphatic carbocycles. The molecular formula is C30H29N5O3. The van der Waals surface area contributed by atoms with Gasteiger partial charge in [-0.15, -0.1) is 0 Å². The lowest BCUT2D eigenvalue weighted by Crippen LogP contribution is -2.40. The number of anilines is 3. The minimum absolute atomic E-state index is 0.107. The summed E-state index contributed by atoms with van der Waals surface area (Å²) in [4.78, 5) is 34.4. The van der Waals surface area contributed by atoms with E-state index in [1.807, 2.05) is 71.6 Å². The Morgan fingerprint density at radius 2 is 1.79 bits per heavy atom. The Balaban J connectivity index is 1.31. The van der Waals surface area contributed by atoms with Crippen LogP contribution in [0.25, 0.3) is 22.0 Å². The van der Waals surface area contributed by atoms with E-state index in [4.69, 9.17) is 9.72 Å². The number of rotatable bonds is 7. The molecule has 1 aromatic heterocycles. The average Bonchev–Trinajstić information content (AvgIpc) is 2.94. The zero-order valence-electron chi connectivity index (χ0n) is 21.2. The first kappa shape index (κ1) is 25.0. The summed E-state index contributed by atoms with van der Waals surface area (Å²) in [7, 11) is 0.